The molecule has 2 rings (SSSR count). The number of aryl methyl sites for hydroxylation is 1. The Balaban J connectivity index is 2.22. The van der Waals surface area contributed by atoms with Gasteiger partial charge in [0.05, 0.1) is 6.54 Å². The first kappa shape index (κ1) is 25.7. The van der Waals surface area contributed by atoms with Gasteiger partial charge in [-0.3, -0.25) is 9.59 Å². The number of unbranched alkanes of at least 4 members (excludes halogenated alkanes) is 1. The first-order chi connectivity index (χ1) is 15.1. The number of aromatic nitrogens is 1. The van der Waals surface area contributed by atoms with E-state index in [2.05, 4.69) is 34.6 Å². The summed E-state index contributed by atoms with van der Waals surface area (Å²) in [6.45, 7) is 14.0. The van der Waals surface area contributed by atoms with Crippen molar-refractivity contribution in [2.75, 3.05) is 13.1 Å². The molecule has 0 fully saturated rings. The molecule has 0 N–H and O–H groups in total. The van der Waals surface area contributed by atoms with E-state index in [1.54, 1.807) is 4.90 Å². The highest BCUT2D eigenvalue weighted by Crippen LogP contribution is 2.23. The van der Waals surface area contributed by atoms with Crippen molar-refractivity contribution in [3.05, 3.63) is 59.4 Å². The van der Waals surface area contributed by atoms with E-state index in [0.29, 0.717) is 18.7 Å². The van der Waals surface area contributed by atoms with Crippen molar-refractivity contribution in [2.24, 2.45) is 7.05 Å². The standard InChI is InChI=1S/C27H41N3O2/c1-8-10-18-29(19-24-12-11-17-28(24)7)25(31)20-30(21(3)9-2)26(32)22-13-15-23(16-14-22)27(4,5)6/h11-17,21H,8-10,18-20H2,1-7H3. The number of rotatable bonds is 10. The van der Waals surface area contributed by atoms with Crippen LogP contribution < -0.4 is 0 Å². The fourth-order valence-corrected chi connectivity index (χ4v) is 3.67. The van der Waals surface area contributed by atoms with Gasteiger partial charge in [-0.25, -0.2) is 0 Å². The Hall–Kier alpha value is -2.56. The largest absolute Gasteiger partial charge is 0.353 e. The number of hydrogen-bond acceptors (Lipinski definition) is 2. The van der Waals surface area contributed by atoms with Crippen LogP contribution in [0.15, 0.2) is 42.6 Å². The van der Waals surface area contributed by atoms with Crippen LogP contribution in [0.4, 0.5) is 0 Å². The van der Waals surface area contributed by atoms with Gasteiger partial charge in [-0.05, 0) is 55.0 Å². The predicted octanol–water partition coefficient (Wildman–Crippen LogP) is 5.39. The number of benzene rings is 1. The molecule has 0 aliphatic heterocycles. The summed E-state index contributed by atoms with van der Waals surface area (Å²) in [4.78, 5) is 30.4. The highest BCUT2D eigenvalue weighted by Gasteiger charge is 2.26. The minimum absolute atomic E-state index is 0.000360. The second-order valence-corrected chi connectivity index (χ2v) is 9.80. The van der Waals surface area contributed by atoms with Gasteiger partial charge in [-0.2, -0.15) is 0 Å². The maximum Gasteiger partial charge on any atom is 0.254 e. The minimum atomic E-state index is -0.0810. The van der Waals surface area contributed by atoms with E-state index >= 15 is 0 Å². The van der Waals surface area contributed by atoms with Gasteiger partial charge in [-0.1, -0.05) is 53.2 Å². The molecule has 1 aromatic heterocycles. The van der Waals surface area contributed by atoms with Crippen LogP contribution >= 0.6 is 0 Å². The topological polar surface area (TPSA) is 45.6 Å². The zero-order valence-electron chi connectivity index (χ0n) is 21.0. The summed E-state index contributed by atoms with van der Waals surface area (Å²) >= 11 is 0. The highest BCUT2D eigenvalue weighted by molar-refractivity contribution is 5.96. The number of hydrogen-bond donors (Lipinski definition) is 0. The molecule has 0 saturated carbocycles. The monoisotopic (exact) mass is 439 g/mol. The average molecular weight is 440 g/mol. The third-order valence-corrected chi connectivity index (χ3v) is 6.23. The molecule has 0 saturated heterocycles. The summed E-state index contributed by atoms with van der Waals surface area (Å²) < 4.78 is 2.04. The average Bonchev–Trinajstić information content (AvgIpc) is 3.17. The van der Waals surface area contributed by atoms with Gasteiger partial charge in [0.1, 0.15) is 6.54 Å². The SMILES string of the molecule is CCCCN(Cc1cccn1C)C(=O)CN(C(=O)c1ccc(C(C)(C)C)cc1)C(C)CC. The van der Waals surface area contributed by atoms with Gasteiger partial charge < -0.3 is 14.4 Å². The van der Waals surface area contributed by atoms with E-state index in [0.717, 1.165) is 25.0 Å². The van der Waals surface area contributed by atoms with Gasteiger partial charge in [-0.15, -0.1) is 0 Å². The Morgan fingerprint density at radius 2 is 1.72 bits per heavy atom. The number of carbonyl (C=O) groups is 2. The fourth-order valence-electron chi connectivity index (χ4n) is 3.67. The molecule has 0 aliphatic carbocycles. The van der Waals surface area contributed by atoms with Crippen LogP contribution in [0.3, 0.4) is 0 Å². The van der Waals surface area contributed by atoms with Crippen molar-refractivity contribution < 1.29 is 9.59 Å². The first-order valence-electron chi connectivity index (χ1n) is 11.9. The van der Waals surface area contributed by atoms with Crippen molar-refractivity contribution in [2.45, 2.75) is 78.8 Å². The maximum atomic E-state index is 13.4. The lowest BCUT2D eigenvalue weighted by Gasteiger charge is -2.31. The third-order valence-electron chi connectivity index (χ3n) is 6.23. The lowest BCUT2D eigenvalue weighted by Crippen LogP contribution is -2.46. The van der Waals surface area contributed by atoms with Crippen LogP contribution in [0.2, 0.25) is 0 Å². The first-order valence-corrected chi connectivity index (χ1v) is 11.9. The van der Waals surface area contributed by atoms with Crippen LogP contribution in [0.1, 0.15) is 82.4 Å². The van der Waals surface area contributed by atoms with Crippen molar-refractivity contribution in [3.8, 4) is 0 Å². The zero-order valence-corrected chi connectivity index (χ0v) is 21.0. The molecule has 2 aromatic rings. The van der Waals surface area contributed by atoms with Crippen molar-refractivity contribution in [1.82, 2.24) is 14.4 Å². The summed E-state index contributed by atoms with van der Waals surface area (Å²) in [5.74, 6) is -0.0814. The Labute approximate surface area is 194 Å². The fraction of sp³-hybridized carbons (Fsp3) is 0.556. The van der Waals surface area contributed by atoms with Gasteiger partial charge >= 0.3 is 0 Å². The Bertz CT molecular complexity index is 877. The quantitative estimate of drug-likeness (QED) is 0.498. The smallest absolute Gasteiger partial charge is 0.254 e. The Morgan fingerprint density at radius 3 is 2.22 bits per heavy atom. The molecule has 32 heavy (non-hydrogen) atoms. The van der Waals surface area contributed by atoms with Crippen LogP contribution in [0.25, 0.3) is 0 Å². The lowest BCUT2D eigenvalue weighted by molar-refractivity contribution is -0.133. The predicted molar refractivity (Wildman–Crippen MR) is 132 cm³/mol. The van der Waals surface area contributed by atoms with Crippen molar-refractivity contribution >= 4 is 11.8 Å². The molecule has 0 bridgehead atoms. The van der Waals surface area contributed by atoms with E-state index in [4.69, 9.17) is 0 Å². The van der Waals surface area contributed by atoms with Crippen LogP contribution in [0.5, 0.6) is 0 Å². The summed E-state index contributed by atoms with van der Waals surface area (Å²) in [7, 11) is 1.99. The van der Waals surface area contributed by atoms with E-state index < -0.39 is 0 Å². The maximum absolute atomic E-state index is 13.4. The van der Waals surface area contributed by atoms with Gasteiger partial charge in [0, 0.05) is 37.1 Å². The molecule has 5 nitrogen and oxygen atoms in total. The summed E-state index contributed by atoms with van der Waals surface area (Å²) in [5, 5.41) is 0. The molecular formula is C27H41N3O2. The molecule has 176 valence electrons. The molecule has 1 atom stereocenters. The third kappa shape index (κ3) is 6.72. The van der Waals surface area contributed by atoms with E-state index in [-0.39, 0.29) is 29.8 Å². The second kappa shape index (κ2) is 11.3. The minimum Gasteiger partial charge on any atom is -0.353 e. The molecule has 5 heteroatoms. The number of carbonyl (C=O) groups excluding carboxylic acids is 2. The molecule has 2 amide bonds. The van der Waals surface area contributed by atoms with Crippen molar-refractivity contribution in [1.29, 1.82) is 0 Å². The highest BCUT2D eigenvalue weighted by atomic mass is 16.2. The number of amides is 2. The molecule has 0 radical (unpaired) electrons. The molecule has 1 aromatic carbocycles. The normalized spacial score (nSPS) is 12.5. The second-order valence-electron chi connectivity index (χ2n) is 9.80. The Morgan fingerprint density at radius 1 is 1.06 bits per heavy atom. The lowest BCUT2D eigenvalue weighted by atomic mass is 9.86. The molecular weight excluding hydrogens is 398 g/mol. The van der Waals surface area contributed by atoms with Crippen LogP contribution in [0, 0.1) is 0 Å². The van der Waals surface area contributed by atoms with E-state index in [9.17, 15) is 9.59 Å². The van der Waals surface area contributed by atoms with Gasteiger partial charge in [0.25, 0.3) is 5.91 Å². The zero-order chi connectivity index (χ0) is 23.9. The van der Waals surface area contributed by atoms with Gasteiger partial charge in [0.15, 0.2) is 0 Å². The summed E-state index contributed by atoms with van der Waals surface area (Å²) in [6, 6.07) is 11.8. The molecule has 0 aliphatic rings. The van der Waals surface area contributed by atoms with E-state index in [1.165, 1.54) is 5.56 Å². The molecule has 0 spiro atoms. The molecule has 1 unspecified atom stereocenters. The summed E-state index contributed by atoms with van der Waals surface area (Å²) in [6.07, 6.45) is 4.76. The Kier molecular flexibility index (Phi) is 9.11. The summed E-state index contributed by atoms with van der Waals surface area (Å²) in [5.41, 5.74) is 2.95. The number of nitrogens with zero attached hydrogens (tertiary/aromatic N) is 3. The van der Waals surface area contributed by atoms with Crippen LogP contribution in [-0.2, 0) is 23.8 Å². The van der Waals surface area contributed by atoms with E-state index in [1.807, 2.05) is 66.0 Å². The van der Waals surface area contributed by atoms with Crippen molar-refractivity contribution in [3.63, 3.8) is 0 Å². The molecule has 1 heterocycles. The van der Waals surface area contributed by atoms with Gasteiger partial charge in [0.2, 0.25) is 5.91 Å². The van der Waals surface area contributed by atoms with Crippen LogP contribution in [-0.4, -0.2) is 45.3 Å².